The van der Waals surface area contributed by atoms with Gasteiger partial charge in [-0.05, 0) is 30.5 Å². The summed E-state index contributed by atoms with van der Waals surface area (Å²) in [5.74, 6) is -0.213. The number of likely N-dealkylation sites (tertiary alicyclic amines) is 1. The zero-order valence-electron chi connectivity index (χ0n) is 15.2. The van der Waals surface area contributed by atoms with Crippen LogP contribution in [0.3, 0.4) is 0 Å². The molecule has 1 aliphatic rings. The van der Waals surface area contributed by atoms with Crippen LogP contribution in [0, 0.1) is 17.4 Å². The molecule has 1 aliphatic heterocycles. The smallest absolute Gasteiger partial charge is 0.242 e. The Bertz CT molecular complexity index is 955. The third-order valence-corrected chi connectivity index (χ3v) is 5.99. The predicted molar refractivity (Wildman–Crippen MR) is 103 cm³/mol. The van der Waals surface area contributed by atoms with E-state index in [0.717, 1.165) is 5.56 Å². The van der Waals surface area contributed by atoms with Gasteiger partial charge in [0, 0.05) is 25.8 Å². The highest BCUT2D eigenvalue weighted by Crippen LogP contribution is 2.18. The minimum absolute atomic E-state index is 0.0371. The molecule has 2 aromatic rings. The minimum atomic E-state index is -3.67. The summed E-state index contributed by atoms with van der Waals surface area (Å²) in [6.07, 6.45) is 4.44. The maximum Gasteiger partial charge on any atom is 0.242 e. The van der Waals surface area contributed by atoms with E-state index in [1.54, 1.807) is 0 Å². The van der Waals surface area contributed by atoms with Crippen molar-refractivity contribution < 1.29 is 13.2 Å². The van der Waals surface area contributed by atoms with Crippen molar-refractivity contribution in [3.8, 4) is 6.19 Å². The molecule has 3 rings (SSSR count). The monoisotopic (exact) mass is 399 g/mol. The predicted octanol–water partition coefficient (Wildman–Crippen LogP) is 1.34. The van der Waals surface area contributed by atoms with Crippen molar-refractivity contribution in [1.82, 2.24) is 14.6 Å². The number of anilines is 1. The van der Waals surface area contributed by atoms with Gasteiger partial charge in [-0.3, -0.25) is 4.79 Å². The number of carbonyl (C=O) groups excluding carboxylic acids is 1. The van der Waals surface area contributed by atoms with Crippen LogP contribution in [0.1, 0.15) is 12.0 Å². The van der Waals surface area contributed by atoms with Gasteiger partial charge in [-0.2, -0.15) is 5.26 Å². The van der Waals surface area contributed by atoms with E-state index in [-0.39, 0.29) is 29.1 Å². The van der Waals surface area contributed by atoms with Crippen LogP contribution in [0.15, 0.2) is 53.6 Å². The molecule has 1 aromatic heterocycles. The van der Waals surface area contributed by atoms with Crippen molar-refractivity contribution in [2.75, 3.05) is 25.0 Å². The van der Waals surface area contributed by atoms with Gasteiger partial charge in [0.1, 0.15) is 10.7 Å². The first-order chi connectivity index (χ1) is 13.5. The highest BCUT2D eigenvalue weighted by molar-refractivity contribution is 7.89. The Morgan fingerprint density at radius 2 is 2.04 bits per heavy atom. The maximum atomic E-state index is 12.4. The first-order valence-corrected chi connectivity index (χ1v) is 10.4. The molecule has 1 amide bonds. The number of hydrogen-bond donors (Lipinski definition) is 2. The van der Waals surface area contributed by atoms with E-state index in [1.807, 2.05) is 36.5 Å². The normalized spacial score (nSPS) is 16.5. The van der Waals surface area contributed by atoms with Gasteiger partial charge in [-0.15, -0.1) is 0 Å². The molecule has 1 atom stereocenters. The second kappa shape index (κ2) is 8.82. The van der Waals surface area contributed by atoms with Gasteiger partial charge in [-0.1, -0.05) is 30.3 Å². The van der Waals surface area contributed by atoms with E-state index in [9.17, 15) is 13.2 Å². The molecule has 9 heteroatoms. The number of rotatable bonds is 7. The molecule has 1 aromatic carbocycles. The number of hydrogen-bond acceptors (Lipinski definition) is 6. The summed E-state index contributed by atoms with van der Waals surface area (Å²) in [5.41, 5.74) is 1.04. The standard InChI is InChI=1S/C19H21N5O3S/c20-14-24-11-9-16(13-24)19(25)23-18-7-6-17(12-21-18)28(26,27)22-10-8-15-4-2-1-3-5-15/h1-7,12,16,22H,8-11,13H2,(H,21,23,25). The zero-order chi connectivity index (χ0) is 20.0. The molecule has 146 valence electrons. The summed E-state index contributed by atoms with van der Waals surface area (Å²) in [7, 11) is -3.67. The van der Waals surface area contributed by atoms with Crippen molar-refractivity contribution in [3.63, 3.8) is 0 Å². The van der Waals surface area contributed by atoms with Gasteiger partial charge in [0.15, 0.2) is 6.19 Å². The lowest BCUT2D eigenvalue weighted by Crippen LogP contribution is -2.27. The Labute approximate surface area is 164 Å². The van der Waals surface area contributed by atoms with Crippen LogP contribution < -0.4 is 10.0 Å². The molecule has 0 aliphatic carbocycles. The topological polar surface area (TPSA) is 115 Å². The fourth-order valence-electron chi connectivity index (χ4n) is 2.96. The van der Waals surface area contributed by atoms with Gasteiger partial charge in [-0.25, -0.2) is 18.1 Å². The van der Waals surface area contributed by atoms with Gasteiger partial charge in [0.05, 0.1) is 5.92 Å². The number of amides is 1. The van der Waals surface area contributed by atoms with Crippen LogP contribution in [0.2, 0.25) is 0 Å². The number of aromatic nitrogens is 1. The van der Waals surface area contributed by atoms with Gasteiger partial charge in [0.2, 0.25) is 15.9 Å². The van der Waals surface area contributed by atoms with E-state index in [2.05, 4.69) is 15.0 Å². The molecule has 2 N–H and O–H groups in total. The summed E-state index contributed by atoms with van der Waals surface area (Å²) in [4.78, 5) is 17.8. The summed E-state index contributed by atoms with van der Waals surface area (Å²) < 4.78 is 27.3. The van der Waals surface area contributed by atoms with Crippen molar-refractivity contribution in [1.29, 1.82) is 5.26 Å². The highest BCUT2D eigenvalue weighted by atomic mass is 32.2. The number of nitriles is 1. The van der Waals surface area contributed by atoms with Crippen LogP contribution in [0.5, 0.6) is 0 Å². The third kappa shape index (κ3) is 5.06. The molecule has 1 saturated heterocycles. The van der Waals surface area contributed by atoms with Gasteiger partial charge in [0.25, 0.3) is 0 Å². The SMILES string of the molecule is N#CN1CCC(C(=O)Nc2ccc(S(=O)(=O)NCCc3ccccc3)cn2)C1. The number of sulfonamides is 1. The first-order valence-electron chi connectivity index (χ1n) is 8.93. The van der Waals surface area contributed by atoms with Gasteiger partial charge < -0.3 is 10.2 Å². The number of nitrogens with zero attached hydrogens (tertiary/aromatic N) is 3. The van der Waals surface area contributed by atoms with Crippen LogP contribution in [0.4, 0.5) is 5.82 Å². The van der Waals surface area contributed by atoms with Crippen molar-refractivity contribution >= 4 is 21.7 Å². The molecule has 1 unspecified atom stereocenters. The maximum absolute atomic E-state index is 12.4. The van der Waals surface area contributed by atoms with Crippen LogP contribution >= 0.6 is 0 Å². The quantitative estimate of drug-likeness (QED) is 0.679. The van der Waals surface area contributed by atoms with E-state index in [1.165, 1.54) is 23.2 Å². The largest absolute Gasteiger partial charge is 0.310 e. The second-order valence-electron chi connectivity index (χ2n) is 6.53. The molecule has 2 heterocycles. The summed E-state index contributed by atoms with van der Waals surface area (Å²) in [6.45, 7) is 1.23. The summed E-state index contributed by atoms with van der Waals surface area (Å²) >= 11 is 0. The van der Waals surface area contributed by atoms with Crippen molar-refractivity contribution in [2.24, 2.45) is 5.92 Å². The Balaban J connectivity index is 1.54. The number of nitrogens with one attached hydrogen (secondary N) is 2. The summed E-state index contributed by atoms with van der Waals surface area (Å²) in [5, 5.41) is 11.5. The lowest BCUT2D eigenvalue weighted by molar-refractivity contribution is -0.119. The second-order valence-corrected chi connectivity index (χ2v) is 8.30. The third-order valence-electron chi connectivity index (χ3n) is 4.55. The Morgan fingerprint density at radius 1 is 1.25 bits per heavy atom. The lowest BCUT2D eigenvalue weighted by atomic mass is 10.1. The lowest BCUT2D eigenvalue weighted by Gasteiger charge is -2.11. The molecule has 0 bridgehead atoms. The summed E-state index contributed by atoms with van der Waals surface area (Å²) in [6, 6.07) is 12.5. The van der Waals surface area contributed by atoms with Crippen LogP contribution in [-0.4, -0.2) is 43.8 Å². The Hall–Kier alpha value is -2.96. The molecular formula is C19H21N5O3S. The van der Waals surface area contributed by atoms with E-state index in [4.69, 9.17) is 5.26 Å². The molecule has 0 radical (unpaired) electrons. The molecular weight excluding hydrogens is 378 g/mol. The van der Waals surface area contributed by atoms with Crippen LogP contribution in [0.25, 0.3) is 0 Å². The van der Waals surface area contributed by atoms with Crippen molar-refractivity contribution in [3.05, 3.63) is 54.2 Å². The highest BCUT2D eigenvalue weighted by Gasteiger charge is 2.28. The Morgan fingerprint density at radius 3 is 2.68 bits per heavy atom. The Kier molecular flexibility index (Phi) is 6.23. The van der Waals surface area contributed by atoms with Crippen LogP contribution in [-0.2, 0) is 21.2 Å². The number of benzene rings is 1. The van der Waals surface area contributed by atoms with Crippen molar-refractivity contribution in [2.45, 2.75) is 17.7 Å². The average molecular weight is 399 g/mol. The van der Waals surface area contributed by atoms with E-state index < -0.39 is 10.0 Å². The molecule has 0 saturated carbocycles. The number of carbonyl (C=O) groups is 1. The molecule has 0 spiro atoms. The fourth-order valence-corrected chi connectivity index (χ4v) is 3.94. The molecule has 1 fully saturated rings. The number of pyridine rings is 1. The average Bonchev–Trinajstić information content (AvgIpc) is 3.19. The molecule has 28 heavy (non-hydrogen) atoms. The van der Waals surface area contributed by atoms with E-state index >= 15 is 0 Å². The van der Waals surface area contributed by atoms with Gasteiger partial charge >= 0.3 is 0 Å². The fraction of sp³-hybridized carbons (Fsp3) is 0.316. The first kappa shape index (κ1) is 19.8. The molecule has 8 nitrogen and oxygen atoms in total. The van der Waals surface area contributed by atoms with E-state index in [0.29, 0.717) is 25.9 Å². The minimum Gasteiger partial charge on any atom is -0.310 e. The zero-order valence-corrected chi connectivity index (χ0v) is 16.0.